The number of hydrogen-bond donors (Lipinski definition) is 1. The lowest BCUT2D eigenvalue weighted by molar-refractivity contribution is 0.188. The van der Waals surface area contributed by atoms with E-state index in [1.54, 1.807) is 0 Å². The molecule has 1 N–H and O–H groups in total. The number of pyridine rings is 1. The van der Waals surface area contributed by atoms with E-state index in [0.29, 0.717) is 6.04 Å². The first kappa shape index (κ1) is 11.0. The van der Waals surface area contributed by atoms with Gasteiger partial charge in [0.1, 0.15) is 0 Å². The quantitative estimate of drug-likeness (QED) is 0.797. The molecule has 2 aliphatic heterocycles. The molecule has 0 aliphatic carbocycles. The van der Waals surface area contributed by atoms with Crippen molar-refractivity contribution in [2.45, 2.75) is 37.8 Å². The molecule has 3 nitrogen and oxygen atoms in total. The van der Waals surface area contributed by atoms with Gasteiger partial charge in [0, 0.05) is 36.6 Å². The molecule has 2 atom stereocenters. The van der Waals surface area contributed by atoms with Gasteiger partial charge in [-0.1, -0.05) is 0 Å². The van der Waals surface area contributed by atoms with E-state index in [9.17, 15) is 4.39 Å². The second-order valence-electron chi connectivity index (χ2n) is 5.06. The second kappa shape index (κ2) is 4.61. The Morgan fingerprint density at radius 2 is 2.29 bits per heavy atom. The van der Waals surface area contributed by atoms with Gasteiger partial charge in [-0.05, 0) is 38.3 Å². The molecule has 0 radical (unpaired) electrons. The number of rotatable bonds is 2. The van der Waals surface area contributed by atoms with E-state index >= 15 is 0 Å². The average Bonchev–Trinajstić information content (AvgIpc) is 2.76. The molecule has 0 saturated carbocycles. The number of hydrogen-bond acceptors (Lipinski definition) is 3. The number of anilines is 1. The van der Waals surface area contributed by atoms with E-state index in [0.717, 1.165) is 18.2 Å². The van der Waals surface area contributed by atoms with Gasteiger partial charge in [0.15, 0.2) is 0 Å². The molecule has 0 amide bonds. The molecule has 3 rings (SSSR count). The zero-order chi connectivity index (χ0) is 11.7. The van der Waals surface area contributed by atoms with Crippen molar-refractivity contribution in [3.63, 3.8) is 0 Å². The number of nitrogens with one attached hydrogen (secondary N) is 1. The van der Waals surface area contributed by atoms with Crippen LogP contribution in [-0.4, -0.2) is 35.1 Å². The van der Waals surface area contributed by atoms with Crippen LogP contribution in [0.1, 0.15) is 25.7 Å². The van der Waals surface area contributed by atoms with Crippen molar-refractivity contribution in [1.82, 2.24) is 9.88 Å². The topological polar surface area (TPSA) is 28.2 Å². The molecule has 2 saturated heterocycles. The normalized spacial score (nSPS) is 29.0. The van der Waals surface area contributed by atoms with Crippen LogP contribution in [-0.2, 0) is 0 Å². The highest BCUT2D eigenvalue weighted by atomic mass is 19.1. The van der Waals surface area contributed by atoms with Crippen molar-refractivity contribution in [2.75, 3.05) is 18.4 Å². The number of piperidine rings is 1. The Kier molecular flexibility index (Phi) is 2.97. The van der Waals surface area contributed by atoms with Gasteiger partial charge in [0.05, 0.1) is 0 Å². The molecular weight excluding hydrogens is 217 g/mol. The Morgan fingerprint density at radius 1 is 1.35 bits per heavy atom. The number of nitrogens with zero attached hydrogens (tertiary/aromatic N) is 2. The molecule has 2 fully saturated rings. The summed E-state index contributed by atoms with van der Waals surface area (Å²) in [5.74, 6) is -0.409. The van der Waals surface area contributed by atoms with Crippen LogP contribution in [0.5, 0.6) is 0 Å². The van der Waals surface area contributed by atoms with E-state index in [2.05, 4.69) is 15.2 Å². The minimum atomic E-state index is -0.409. The highest BCUT2D eigenvalue weighted by molar-refractivity contribution is 5.42. The maximum atomic E-state index is 13.0. The Labute approximate surface area is 101 Å². The van der Waals surface area contributed by atoms with Crippen molar-refractivity contribution in [2.24, 2.45) is 0 Å². The van der Waals surface area contributed by atoms with Crippen molar-refractivity contribution < 1.29 is 4.39 Å². The van der Waals surface area contributed by atoms with Gasteiger partial charge in [-0.2, -0.15) is 4.39 Å². The summed E-state index contributed by atoms with van der Waals surface area (Å²) in [7, 11) is 0. The Hall–Kier alpha value is -1.16. The van der Waals surface area contributed by atoms with Gasteiger partial charge in [-0.3, -0.25) is 0 Å². The van der Waals surface area contributed by atoms with Crippen LogP contribution in [0.15, 0.2) is 18.3 Å². The monoisotopic (exact) mass is 235 g/mol. The SMILES string of the molecule is Fc1cc(NC2CCN3CCCC3C2)ccn1. The standard InChI is InChI=1S/C13H18FN3/c14-13-9-10(3-5-15-13)16-11-4-7-17-6-1-2-12(17)8-11/h3,5,9,11-12H,1-2,4,6-8H2,(H,15,16). The largest absolute Gasteiger partial charge is 0.382 e. The summed E-state index contributed by atoms with van der Waals surface area (Å²) >= 11 is 0. The molecule has 2 aliphatic rings. The summed E-state index contributed by atoms with van der Waals surface area (Å²) in [6.07, 6.45) is 6.51. The maximum absolute atomic E-state index is 13.0. The summed E-state index contributed by atoms with van der Waals surface area (Å²) in [5, 5.41) is 3.43. The third-order valence-corrected chi connectivity index (χ3v) is 3.92. The van der Waals surface area contributed by atoms with Crippen LogP contribution in [0.4, 0.5) is 10.1 Å². The van der Waals surface area contributed by atoms with Gasteiger partial charge in [-0.15, -0.1) is 0 Å². The first-order chi connectivity index (χ1) is 8.31. The summed E-state index contributed by atoms with van der Waals surface area (Å²) in [5.41, 5.74) is 0.856. The summed E-state index contributed by atoms with van der Waals surface area (Å²) < 4.78 is 13.0. The molecule has 1 aromatic rings. The van der Waals surface area contributed by atoms with Crippen molar-refractivity contribution in [3.05, 3.63) is 24.3 Å². The molecule has 92 valence electrons. The first-order valence-electron chi connectivity index (χ1n) is 6.43. The van der Waals surface area contributed by atoms with Gasteiger partial charge in [0.2, 0.25) is 5.95 Å². The minimum Gasteiger partial charge on any atom is -0.382 e. The molecule has 0 spiro atoms. The maximum Gasteiger partial charge on any atom is 0.214 e. The Balaban J connectivity index is 1.62. The van der Waals surface area contributed by atoms with E-state index in [1.807, 2.05) is 6.07 Å². The summed E-state index contributed by atoms with van der Waals surface area (Å²) in [6, 6.07) is 4.54. The van der Waals surface area contributed by atoms with Crippen LogP contribution >= 0.6 is 0 Å². The van der Waals surface area contributed by atoms with Gasteiger partial charge >= 0.3 is 0 Å². The molecule has 17 heavy (non-hydrogen) atoms. The zero-order valence-corrected chi connectivity index (χ0v) is 9.90. The van der Waals surface area contributed by atoms with Gasteiger partial charge in [-0.25, -0.2) is 4.98 Å². The third-order valence-electron chi connectivity index (χ3n) is 3.92. The molecule has 3 heterocycles. The fourth-order valence-corrected chi connectivity index (χ4v) is 3.08. The van der Waals surface area contributed by atoms with E-state index in [-0.39, 0.29) is 0 Å². The van der Waals surface area contributed by atoms with Crippen LogP contribution in [0.2, 0.25) is 0 Å². The predicted molar refractivity (Wildman–Crippen MR) is 65.4 cm³/mol. The van der Waals surface area contributed by atoms with Gasteiger partial charge < -0.3 is 10.2 Å². The van der Waals surface area contributed by atoms with Crippen LogP contribution in [0.3, 0.4) is 0 Å². The molecular formula is C13H18FN3. The van der Waals surface area contributed by atoms with E-state index < -0.39 is 5.95 Å². The highest BCUT2D eigenvalue weighted by Crippen LogP contribution is 2.28. The van der Waals surface area contributed by atoms with Crippen molar-refractivity contribution in [1.29, 1.82) is 0 Å². The van der Waals surface area contributed by atoms with Gasteiger partial charge in [0.25, 0.3) is 0 Å². The molecule has 1 aromatic heterocycles. The number of halogens is 1. The predicted octanol–water partition coefficient (Wildman–Crippen LogP) is 2.26. The average molecular weight is 235 g/mol. The molecule has 0 bridgehead atoms. The molecule has 0 aromatic carbocycles. The lowest BCUT2D eigenvalue weighted by Crippen LogP contribution is -2.42. The molecule has 4 heteroatoms. The number of fused-ring (bicyclic) bond motifs is 1. The second-order valence-corrected chi connectivity index (χ2v) is 5.06. The van der Waals surface area contributed by atoms with Crippen LogP contribution in [0.25, 0.3) is 0 Å². The van der Waals surface area contributed by atoms with E-state index in [1.165, 1.54) is 44.6 Å². The lowest BCUT2D eigenvalue weighted by Gasteiger charge is -2.35. The molecule has 2 unspecified atom stereocenters. The number of aromatic nitrogens is 1. The summed E-state index contributed by atoms with van der Waals surface area (Å²) in [6.45, 7) is 2.44. The Bertz CT molecular complexity index is 396. The lowest BCUT2D eigenvalue weighted by atomic mass is 9.97. The first-order valence-corrected chi connectivity index (χ1v) is 6.43. The smallest absolute Gasteiger partial charge is 0.214 e. The van der Waals surface area contributed by atoms with Crippen LogP contribution in [0, 0.1) is 5.95 Å². The van der Waals surface area contributed by atoms with E-state index in [4.69, 9.17) is 0 Å². The minimum absolute atomic E-state index is 0.409. The Morgan fingerprint density at radius 3 is 3.18 bits per heavy atom. The highest BCUT2D eigenvalue weighted by Gasteiger charge is 2.31. The third kappa shape index (κ3) is 2.41. The van der Waals surface area contributed by atoms with Crippen molar-refractivity contribution >= 4 is 5.69 Å². The fraction of sp³-hybridized carbons (Fsp3) is 0.615. The fourth-order valence-electron chi connectivity index (χ4n) is 3.08. The van der Waals surface area contributed by atoms with Crippen molar-refractivity contribution in [3.8, 4) is 0 Å². The zero-order valence-electron chi connectivity index (χ0n) is 9.90. The summed E-state index contributed by atoms with van der Waals surface area (Å²) in [4.78, 5) is 6.16. The van der Waals surface area contributed by atoms with Crippen LogP contribution < -0.4 is 5.32 Å².